The average molecular weight is 634 g/mol. The van der Waals surface area contributed by atoms with E-state index in [0.717, 1.165) is 12.8 Å². The van der Waals surface area contributed by atoms with E-state index in [1.807, 2.05) is 13.8 Å². The number of anilines is 1. The van der Waals surface area contributed by atoms with Gasteiger partial charge in [0.1, 0.15) is 17.1 Å². The summed E-state index contributed by atoms with van der Waals surface area (Å²) in [6, 6.07) is 0.819. The predicted octanol–water partition coefficient (Wildman–Crippen LogP) is 3.85. The van der Waals surface area contributed by atoms with Crippen molar-refractivity contribution in [2.45, 2.75) is 64.0 Å². The fourth-order valence-corrected chi connectivity index (χ4v) is 7.02. The van der Waals surface area contributed by atoms with Crippen LogP contribution in [0.4, 0.5) is 5.69 Å². The van der Waals surface area contributed by atoms with Gasteiger partial charge in [-0.05, 0) is 50.9 Å². The van der Waals surface area contributed by atoms with E-state index in [4.69, 9.17) is 18.7 Å². The van der Waals surface area contributed by atoms with Crippen LogP contribution in [0, 0.1) is 11.8 Å². The number of fused-ring (bicyclic) bond motifs is 4. The van der Waals surface area contributed by atoms with Gasteiger partial charge in [-0.25, -0.2) is 4.21 Å². The van der Waals surface area contributed by atoms with Crippen LogP contribution in [0.3, 0.4) is 0 Å². The molecule has 0 radical (unpaired) electrons. The van der Waals surface area contributed by atoms with Gasteiger partial charge in [-0.2, -0.15) is 0 Å². The summed E-state index contributed by atoms with van der Waals surface area (Å²) in [5.74, 6) is -3.29. The second-order valence-electron chi connectivity index (χ2n) is 11.6. The van der Waals surface area contributed by atoms with Gasteiger partial charge in [0.15, 0.2) is 17.1 Å². The number of methoxy groups -OCH3 is 1. The van der Waals surface area contributed by atoms with Gasteiger partial charge in [-0.3, -0.25) is 23.8 Å². The molecule has 0 amide bonds. The van der Waals surface area contributed by atoms with Crippen LogP contribution in [0.1, 0.15) is 79.2 Å². The van der Waals surface area contributed by atoms with Crippen molar-refractivity contribution in [3.8, 4) is 17.4 Å². The van der Waals surface area contributed by atoms with Crippen molar-refractivity contribution in [2.75, 3.05) is 39.1 Å². The molecule has 0 bridgehead atoms. The van der Waals surface area contributed by atoms with Crippen molar-refractivity contribution in [1.82, 2.24) is 10.1 Å². The van der Waals surface area contributed by atoms with E-state index in [2.05, 4.69) is 9.88 Å². The van der Waals surface area contributed by atoms with Crippen LogP contribution in [-0.2, 0) is 22.5 Å². The zero-order valence-electron chi connectivity index (χ0n) is 25.5. The Balaban J connectivity index is 1.68. The Hall–Kier alpha value is -3.46. The van der Waals surface area contributed by atoms with Gasteiger partial charge in [-0.15, -0.1) is 0 Å². The van der Waals surface area contributed by atoms with Crippen LogP contribution in [0.25, 0.3) is 5.76 Å². The maximum Gasteiger partial charge on any atom is 0.265 e. The second kappa shape index (κ2) is 12.5. The molecule has 14 heteroatoms. The van der Waals surface area contributed by atoms with Crippen LogP contribution in [0.5, 0.6) is 17.4 Å². The molecule has 0 saturated heterocycles. The van der Waals surface area contributed by atoms with Crippen molar-refractivity contribution in [3.63, 3.8) is 0 Å². The molecular formula is C30H39N3O10S. The number of nitrogens with one attached hydrogen (secondary N) is 1. The molecule has 3 aliphatic rings. The maximum absolute atomic E-state index is 14.4. The smallest absolute Gasteiger partial charge is 0.265 e. The minimum absolute atomic E-state index is 0.0658. The quantitative estimate of drug-likeness (QED) is 0.151. The highest BCUT2D eigenvalue weighted by atomic mass is 32.2. The molecule has 13 nitrogen and oxygen atoms in total. The molecule has 240 valence electrons. The molecule has 1 saturated carbocycles. The van der Waals surface area contributed by atoms with Gasteiger partial charge in [0.25, 0.3) is 17.1 Å². The maximum atomic E-state index is 14.4. The molecule has 4 N–H and O–H groups in total. The topological polar surface area (TPSA) is 181 Å². The first-order valence-electron chi connectivity index (χ1n) is 14.8. The standard InChI is InChI=1S/C30H39N3O10S/c1-6-8-10-41-25-18(32-44(38)39)14-19(40-5)16-12-15-13-17-23(33(3)4)26-22(29(31-43-26)42-11-9-7-2)28(36)30(17,37)27(35)20(15)24(34)21(16)25/h14-15,17,23,32,34,37H,6-13H2,1-5H3,(H,38,39)/t15-,17-,23-,30-/m0/s1. The highest BCUT2D eigenvalue weighted by Gasteiger charge is 2.65. The van der Waals surface area contributed by atoms with Gasteiger partial charge >= 0.3 is 0 Å². The number of aliphatic hydroxyl groups excluding tert-OH is 1. The summed E-state index contributed by atoms with van der Waals surface area (Å²) in [6.45, 7) is 4.46. The van der Waals surface area contributed by atoms with Crippen molar-refractivity contribution in [2.24, 2.45) is 11.8 Å². The molecule has 44 heavy (non-hydrogen) atoms. The Morgan fingerprint density at radius 3 is 2.43 bits per heavy atom. The first-order valence-corrected chi connectivity index (χ1v) is 15.9. The zero-order chi connectivity index (χ0) is 31.9. The average Bonchev–Trinajstić information content (AvgIpc) is 3.38. The summed E-state index contributed by atoms with van der Waals surface area (Å²) in [5, 5.41) is 28.0. The van der Waals surface area contributed by atoms with Gasteiger partial charge in [-0.1, -0.05) is 26.7 Å². The lowest BCUT2D eigenvalue weighted by atomic mass is 9.57. The third kappa shape index (κ3) is 5.07. The number of ether oxygens (including phenoxy) is 3. The molecule has 1 heterocycles. The summed E-state index contributed by atoms with van der Waals surface area (Å²) in [6.07, 6.45) is 3.37. The predicted molar refractivity (Wildman–Crippen MR) is 160 cm³/mol. The van der Waals surface area contributed by atoms with Gasteiger partial charge in [0, 0.05) is 23.1 Å². The highest BCUT2D eigenvalue weighted by Crippen LogP contribution is 2.57. The van der Waals surface area contributed by atoms with Crippen LogP contribution in [0.2, 0.25) is 0 Å². The van der Waals surface area contributed by atoms with Crippen molar-refractivity contribution in [1.29, 1.82) is 0 Å². The van der Waals surface area contributed by atoms with E-state index < -0.39 is 52.1 Å². The van der Waals surface area contributed by atoms with E-state index in [0.29, 0.717) is 24.2 Å². The normalized spacial score (nSPS) is 24.8. The Morgan fingerprint density at radius 1 is 1.14 bits per heavy atom. The number of hydrogen-bond acceptors (Lipinski definition) is 11. The number of aromatic nitrogens is 1. The third-order valence-electron chi connectivity index (χ3n) is 8.73. The zero-order valence-corrected chi connectivity index (χ0v) is 26.3. The van der Waals surface area contributed by atoms with Crippen molar-refractivity contribution >= 4 is 34.3 Å². The first-order chi connectivity index (χ1) is 21.0. The number of unbranched alkanes of at least 4 members (excludes halogenated alkanes) is 2. The van der Waals surface area contributed by atoms with Crippen LogP contribution < -0.4 is 18.9 Å². The monoisotopic (exact) mass is 633 g/mol. The molecule has 1 aromatic carbocycles. The number of carbonyl (C=O) groups is 2. The van der Waals surface area contributed by atoms with Crippen molar-refractivity contribution in [3.05, 3.63) is 34.1 Å². The molecule has 5 rings (SSSR count). The third-order valence-corrected chi connectivity index (χ3v) is 9.12. The van der Waals surface area contributed by atoms with E-state index in [9.17, 15) is 28.6 Å². The molecule has 2 aromatic rings. The Morgan fingerprint density at radius 2 is 1.82 bits per heavy atom. The molecule has 1 fully saturated rings. The number of carbonyl (C=O) groups excluding carboxylic acids is 2. The minimum Gasteiger partial charge on any atom is -0.507 e. The van der Waals surface area contributed by atoms with Crippen LogP contribution in [-0.4, -0.2) is 80.6 Å². The summed E-state index contributed by atoms with van der Waals surface area (Å²) in [5.41, 5.74) is -2.01. The molecule has 5 atom stereocenters. The molecule has 0 spiro atoms. The Labute approximate surface area is 257 Å². The molecule has 1 aromatic heterocycles. The van der Waals surface area contributed by atoms with Crippen molar-refractivity contribution < 1.29 is 47.3 Å². The molecule has 3 aliphatic carbocycles. The fourth-order valence-electron chi connectivity index (χ4n) is 6.68. The first kappa shape index (κ1) is 31.9. The van der Waals surface area contributed by atoms with E-state index in [1.165, 1.54) is 13.2 Å². The van der Waals surface area contributed by atoms with E-state index in [-0.39, 0.29) is 65.8 Å². The number of hydrogen-bond donors (Lipinski definition) is 4. The van der Waals surface area contributed by atoms with Gasteiger partial charge < -0.3 is 28.9 Å². The summed E-state index contributed by atoms with van der Waals surface area (Å²) in [7, 11) is 4.95. The number of aliphatic hydroxyl groups is 2. The Bertz CT molecular complexity index is 1520. The molecule has 1 unspecified atom stereocenters. The summed E-state index contributed by atoms with van der Waals surface area (Å²) in [4.78, 5) is 30.3. The number of nitrogens with zero attached hydrogens (tertiary/aromatic N) is 2. The minimum atomic E-state index is -2.54. The van der Waals surface area contributed by atoms with E-state index in [1.54, 1.807) is 19.0 Å². The lowest BCUT2D eigenvalue weighted by Crippen LogP contribution is -2.63. The SMILES string of the molecule is CCCCOc1noc2c1C(=O)[C@@]1(O)C(=O)C3=C(O)c4c(c(OC)cc(NS(=O)O)c4OCCCC)C[C@H]3C[C@H]1[C@@H]2N(C)C. The molecule has 0 aliphatic heterocycles. The van der Waals surface area contributed by atoms with Gasteiger partial charge in [0.05, 0.1) is 37.6 Å². The number of benzene rings is 1. The summed E-state index contributed by atoms with van der Waals surface area (Å²) < 4.78 is 46.8. The second-order valence-corrected chi connectivity index (χ2v) is 12.3. The number of Topliss-reactive ketones (excluding diaryl/α,β-unsaturated/α-hetero) is 2. The summed E-state index contributed by atoms with van der Waals surface area (Å²) >= 11 is -2.49. The molecular weight excluding hydrogens is 594 g/mol. The number of rotatable bonds is 12. The number of ketones is 2. The van der Waals surface area contributed by atoms with E-state index >= 15 is 0 Å². The van der Waals surface area contributed by atoms with Gasteiger partial charge in [0.2, 0.25) is 11.6 Å². The Kier molecular flexibility index (Phi) is 9.08. The lowest BCUT2D eigenvalue weighted by molar-refractivity contribution is -0.142. The highest BCUT2D eigenvalue weighted by molar-refractivity contribution is 7.80. The lowest BCUT2D eigenvalue weighted by Gasteiger charge is -2.49. The largest absolute Gasteiger partial charge is 0.507 e. The fraction of sp³-hybridized carbons (Fsp3) is 0.567. The van der Waals surface area contributed by atoms with Crippen LogP contribution >= 0.6 is 0 Å². The van der Waals surface area contributed by atoms with Crippen LogP contribution in [0.15, 0.2) is 16.2 Å².